The Bertz CT molecular complexity index is 1260. The third kappa shape index (κ3) is 3.43. The highest BCUT2D eigenvalue weighted by molar-refractivity contribution is 6.00. The third-order valence-electron chi connectivity index (χ3n) is 5.03. The number of Topliss-reactive ketones (excluding diaryl/α,β-unsaturated/α-hetero) is 1. The standard InChI is InChI=1S/C24H20N2O4/c1-25(2)17-12-14-26(15-13-17)21(22(27)16-8-4-3-5-9-16)20-23(28)18-10-6-7-11-19(18)30-24(20)29/h3-15,21H,1-2H3. The number of carbonyl (C=O) groups is 1. The summed E-state index contributed by atoms with van der Waals surface area (Å²) in [6, 6.07) is 17.6. The number of anilines is 1. The maximum Gasteiger partial charge on any atom is 0.346 e. The molecule has 1 unspecified atom stereocenters. The second-order valence-electron chi connectivity index (χ2n) is 7.16. The molecule has 0 spiro atoms. The quantitative estimate of drug-likeness (QED) is 0.292. The van der Waals surface area contributed by atoms with Crippen molar-refractivity contribution in [3.63, 3.8) is 0 Å². The number of ketones is 1. The first-order valence-corrected chi connectivity index (χ1v) is 9.47. The molecule has 150 valence electrons. The van der Waals surface area contributed by atoms with Gasteiger partial charge in [0, 0.05) is 42.9 Å². The van der Waals surface area contributed by atoms with Crippen molar-refractivity contribution >= 4 is 22.4 Å². The molecule has 6 nitrogen and oxygen atoms in total. The van der Waals surface area contributed by atoms with E-state index in [1.165, 1.54) is 0 Å². The second kappa shape index (κ2) is 7.83. The highest BCUT2D eigenvalue weighted by Crippen LogP contribution is 2.29. The zero-order chi connectivity index (χ0) is 21.3. The summed E-state index contributed by atoms with van der Waals surface area (Å²) in [5.41, 5.74) is 0.515. The minimum atomic E-state index is -1.14. The monoisotopic (exact) mass is 400 g/mol. The summed E-state index contributed by atoms with van der Waals surface area (Å²) < 4.78 is 6.97. The number of hydrogen-bond acceptors (Lipinski definition) is 5. The van der Waals surface area contributed by atoms with E-state index in [4.69, 9.17) is 4.42 Å². The van der Waals surface area contributed by atoms with Crippen LogP contribution in [0.4, 0.5) is 5.69 Å². The molecule has 1 atom stereocenters. The smallest absolute Gasteiger partial charge is 0.346 e. The second-order valence-corrected chi connectivity index (χ2v) is 7.16. The molecule has 2 heterocycles. The molecule has 0 fully saturated rings. The number of rotatable bonds is 5. The number of hydrogen-bond donors (Lipinski definition) is 0. The van der Waals surface area contributed by atoms with Crippen LogP contribution in [0.1, 0.15) is 22.0 Å². The summed E-state index contributed by atoms with van der Waals surface area (Å²) in [7, 11) is 3.81. The molecule has 2 aromatic carbocycles. The molecule has 0 amide bonds. The number of pyridine rings is 1. The topological polar surface area (TPSA) is 77.5 Å². The maximum atomic E-state index is 13.5. The van der Waals surface area contributed by atoms with E-state index >= 15 is 0 Å². The zero-order valence-corrected chi connectivity index (χ0v) is 16.6. The van der Waals surface area contributed by atoms with Crippen LogP contribution in [0.15, 0.2) is 88.3 Å². The molecule has 0 aliphatic carbocycles. The molecular formula is C24H20N2O4. The van der Waals surface area contributed by atoms with Crippen molar-refractivity contribution in [3.05, 3.63) is 101 Å². The molecule has 0 aliphatic heterocycles. The van der Waals surface area contributed by atoms with E-state index in [2.05, 4.69) is 0 Å². The maximum absolute atomic E-state index is 13.5. The van der Waals surface area contributed by atoms with Gasteiger partial charge < -0.3 is 14.4 Å². The van der Waals surface area contributed by atoms with Crippen molar-refractivity contribution in [1.29, 1.82) is 0 Å². The van der Waals surface area contributed by atoms with E-state index in [9.17, 15) is 14.7 Å². The molecule has 0 saturated heterocycles. The molecule has 2 aromatic heterocycles. The van der Waals surface area contributed by atoms with Crippen molar-refractivity contribution < 1.29 is 18.9 Å². The van der Waals surface area contributed by atoms with Gasteiger partial charge in [0.2, 0.25) is 5.78 Å². The lowest BCUT2D eigenvalue weighted by Gasteiger charge is -2.19. The molecule has 0 bridgehead atoms. The molecule has 0 saturated carbocycles. The first-order chi connectivity index (χ1) is 14.5. The summed E-state index contributed by atoms with van der Waals surface area (Å²) in [5.74, 6) is -0.863. The van der Waals surface area contributed by atoms with Crippen LogP contribution in [0.2, 0.25) is 0 Å². The van der Waals surface area contributed by atoms with Gasteiger partial charge in [0.05, 0.1) is 0 Å². The highest BCUT2D eigenvalue weighted by Gasteiger charge is 2.34. The van der Waals surface area contributed by atoms with Gasteiger partial charge in [-0.1, -0.05) is 54.3 Å². The molecular weight excluding hydrogens is 380 g/mol. The molecule has 30 heavy (non-hydrogen) atoms. The Morgan fingerprint density at radius 1 is 0.967 bits per heavy atom. The highest BCUT2D eigenvalue weighted by atomic mass is 16.4. The Balaban J connectivity index is 1.95. The summed E-state index contributed by atoms with van der Waals surface area (Å²) in [6.45, 7) is 0. The van der Waals surface area contributed by atoms with Gasteiger partial charge in [-0.15, -0.1) is 0 Å². The van der Waals surface area contributed by atoms with Crippen LogP contribution >= 0.6 is 0 Å². The zero-order valence-electron chi connectivity index (χ0n) is 16.6. The fourth-order valence-electron chi connectivity index (χ4n) is 3.45. The van der Waals surface area contributed by atoms with E-state index in [0.717, 1.165) is 5.69 Å². The predicted molar refractivity (Wildman–Crippen MR) is 112 cm³/mol. The average Bonchev–Trinajstić information content (AvgIpc) is 2.77. The van der Waals surface area contributed by atoms with Crippen LogP contribution in [0, 0.1) is 0 Å². The molecule has 0 aliphatic rings. The van der Waals surface area contributed by atoms with Gasteiger partial charge in [-0.3, -0.25) is 4.79 Å². The van der Waals surface area contributed by atoms with E-state index in [1.807, 2.05) is 31.1 Å². The lowest BCUT2D eigenvalue weighted by Crippen LogP contribution is -2.46. The van der Waals surface area contributed by atoms with E-state index < -0.39 is 17.4 Å². The van der Waals surface area contributed by atoms with E-state index in [-0.39, 0.29) is 22.3 Å². The van der Waals surface area contributed by atoms with Crippen molar-refractivity contribution in [2.75, 3.05) is 19.0 Å². The normalized spacial score (nSPS) is 11.9. The number of para-hydroxylation sites is 1. The minimum absolute atomic E-state index is 0.204. The molecule has 6 heteroatoms. The van der Waals surface area contributed by atoms with Crippen LogP contribution in [0.3, 0.4) is 0 Å². The largest absolute Gasteiger partial charge is 0.871 e. The van der Waals surface area contributed by atoms with Gasteiger partial charge >= 0.3 is 5.63 Å². The Morgan fingerprint density at radius 2 is 1.60 bits per heavy atom. The Morgan fingerprint density at radius 3 is 2.27 bits per heavy atom. The number of aromatic nitrogens is 1. The Labute approximate surface area is 173 Å². The van der Waals surface area contributed by atoms with Crippen molar-refractivity contribution in [2.24, 2.45) is 0 Å². The van der Waals surface area contributed by atoms with Gasteiger partial charge in [0.25, 0.3) is 6.04 Å². The van der Waals surface area contributed by atoms with Crippen molar-refractivity contribution in [3.8, 4) is 5.75 Å². The van der Waals surface area contributed by atoms with E-state index in [0.29, 0.717) is 5.56 Å². The lowest BCUT2D eigenvalue weighted by molar-refractivity contribution is -0.699. The van der Waals surface area contributed by atoms with Crippen LogP contribution in [-0.2, 0) is 0 Å². The summed E-state index contributed by atoms with van der Waals surface area (Å²) in [6.07, 6.45) is 3.38. The van der Waals surface area contributed by atoms with E-state index in [1.54, 1.807) is 71.6 Å². The van der Waals surface area contributed by atoms with Crippen LogP contribution in [0.5, 0.6) is 5.75 Å². The average molecular weight is 400 g/mol. The van der Waals surface area contributed by atoms with Gasteiger partial charge in [-0.2, -0.15) is 4.57 Å². The van der Waals surface area contributed by atoms with Crippen LogP contribution in [0.25, 0.3) is 11.0 Å². The van der Waals surface area contributed by atoms with Crippen molar-refractivity contribution in [2.45, 2.75) is 6.04 Å². The number of carbonyl (C=O) groups excluding carboxylic acids is 1. The number of nitrogens with zero attached hydrogens (tertiary/aromatic N) is 2. The summed E-state index contributed by atoms with van der Waals surface area (Å²) in [5, 5.41) is 13.5. The summed E-state index contributed by atoms with van der Waals surface area (Å²) >= 11 is 0. The molecule has 0 N–H and O–H groups in total. The van der Waals surface area contributed by atoms with Crippen LogP contribution in [-0.4, -0.2) is 19.9 Å². The lowest BCUT2D eigenvalue weighted by atomic mass is 9.96. The SMILES string of the molecule is CN(C)c1cc[n+](C(C(=O)c2ccccc2)c2c([O-])c3ccccc3oc2=O)cc1. The van der Waals surface area contributed by atoms with Gasteiger partial charge in [0.15, 0.2) is 12.4 Å². The fraction of sp³-hybridized carbons (Fsp3) is 0.125. The first kappa shape index (κ1) is 19.4. The number of benzene rings is 2. The fourth-order valence-corrected chi connectivity index (χ4v) is 3.45. The van der Waals surface area contributed by atoms with Gasteiger partial charge in [0.1, 0.15) is 11.1 Å². The molecule has 4 rings (SSSR count). The number of fused-ring (bicyclic) bond motifs is 1. The predicted octanol–water partition coefficient (Wildman–Crippen LogP) is 2.69. The van der Waals surface area contributed by atoms with Crippen molar-refractivity contribution in [1.82, 2.24) is 0 Å². The first-order valence-electron chi connectivity index (χ1n) is 9.47. The minimum Gasteiger partial charge on any atom is -0.871 e. The molecule has 0 radical (unpaired) electrons. The molecule has 4 aromatic rings. The van der Waals surface area contributed by atoms with Gasteiger partial charge in [-0.05, 0) is 6.07 Å². The third-order valence-corrected chi connectivity index (χ3v) is 5.03. The van der Waals surface area contributed by atoms with Crippen LogP contribution < -0.4 is 20.2 Å². The Kier molecular flexibility index (Phi) is 5.06. The Hall–Kier alpha value is -3.93. The van der Waals surface area contributed by atoms with Gasteiger partial charge in [-0.25, -0.2) is 4.79 Å². The summed E-state index contributed by atoms with van der Waals surface area (Å²) in [4.78, 5) is 28.2.